The van der Waals surface area contributed by atoms with Gasteiger partial charge in [0, 0.05) is 16.3 Å². The Bertz CT molecular complexity index is 1240. The first kappa shape index (κ1) is 20.3. The molecule has 4 rings (SSSR count). The van der Waals surface area contributed by atoms with E-state index in [-0.39, 0.29) is 28.2 Å². The molecule has 0 aliphatic carbocycles. The summed E-state index contributed by atoms with van der Waals surface area (Å²) in [5, 5.41) is 7.87. The van der Waals surface area contributed by atoms with Gasteiger partial charge in [0.15, 0.2) is 5.65 Å². The third-order valence-electron chi connectivity index (χ3n) is 4.28. The first-order valence-electron chi connectivity index (χ1n) is 8.90. The molecule has 30 heavy (non-hydrogen) atoms. The quantitative estimate of drug-likeness (QED) is 0.332. The number of halogens is 3. The largest absolute Gasteiger partial charge is 0.323 e. The van der Waals surface area contributed by atoms with E-state index in [1.807, 2.05) is 13.0 Å². The Morgan fingerprint density at radius 3 is 2.67 bits per heavy atom. The van der Waals surface area contributed by atoms with Crippen LogP contribution >= 0.6 is 23.4 Å². The molecule has 0 saturated carbocycles. The minimum atomic E-state index is -0.598. The van der Waals surface area contributed by atoms with Crippen molar-refractivity contribution in [3.05, 3.63) is 77.1 Å². The molecule has 0 radical (unpaired) electrons. The molecule has 0 fully saturated rings. The number of nitrogens with one attached hydrogen (secondary N) is 1. The molecule has 0 aliphatic rings. The van der Waals surface area contributed by atoms with Gasteiger partial charge in [-0.25, -0.2) is 18.3 Å². The van der Waals surface area contributed by atoms with E-state index in [2.05, 4.69) is 15.4 Å². The van der Waals surface area contributed by atoms with Crippen molar-refractivity contribution in [1.29, 1.82) is 0 Å². The van der Waals surface area contributed by atoms with Crippen LogP contribution in [0.25, 0.3) is 16.8 Å². The predicted octanol–water partition coefficient (Wildman–Crippen LogP) is 5.37. The van der Waals surface area contributed by atoms with Gasteiger partial charge in [-0.1, -0.05) is 35.5 Å². The minimum Gasteiger partial charge on any atom is -0.323 e. The summed E-state index contributed by atoms with van der Waals surface area (Å²) in [6, 6.07) is 12.0. The molecule has 0 spiro atoms. The molecule has 0 atom stereocenters. The van der Waals surface area contributed by atoms with Crippen molar-refractivity contribution < 1.29 is 13.6 Å². The molecule has 2 aromatic carbocycles. The average molecular weight is 445 g/mol. The smallest absolute Gasteiger partial charge is 0.234 e. The van der Waals surface area contributed by atoms with Crippen molar-refractivity contribution >= 4 is 40.6 Å². The zero-order valence-electron chi connectivity index (χ0n) is 15.7. The van der Waals surface area contributed by atoms with Crippen LogP contribution in [0.5, 0.6) is 0 Å². The monoisotopic (exact) mass is 444 g/mol. The standard InChI is InChI=1S/C21H15ClF2N4OS/c1-12-8-20(30-11-19(29)27-18-7-4-14(22)9-17(18)24)28-21(26-12)16(10-25-28)13-2-5-15(23)6-3-13/h2-10H,11H2,1H3,(H,27,29). The summed E-state index contributed by atoms with van der Waals surface area (Å²) in [6.45, 7) is 1.84. The molecule has 0 bridgehead atoms. The van der Waals surface area contributed by atoms with Crippen LogP contribution in [0, 0.1) is 18.6 Å². The van der Waals surface area contributed by atoms with Crippen molar-refractivity contribution in [1.82, 2.24) is 14.6 Å². The van der Waals surface area contributed by atoms with Gasteiger partial charge in [-0.15, -0.1) is 0 Å². The highest BCUT2D eigenvalue weighted by molar-refractivity contribution is 7.99. The van der Waals surface area contributed by atoms with E-state index in [9.17, 15) is 13.6 Å². The Kier molecular flexibility index (Phi) is 5.69. The van der Waals surface area contributed by atoms with Crippen LogP contribution in [-0.2, 0) is 4.79 Å². The van der Waals surface area contributed by atoms with Gasteiger partial charge in [0.05, 0.1) is 17.6 Å². The number of amides is 1. The number of benzene rings is 2. The van der Waals surface area contributed by atoms with Crippen LogP contribution in [0.4, 0.5) is 14.5 Å². The van der Waals surface area contributed by atoms with E-state index in [1.54, 1.807) is 22.8 Å². The second-order valence-electron chi connectivity index (χ2n) is 6.50. The number of carbonyl (C=O) groups is 1. The number of aromatic nitrogens is 3. The van der Waals surface area contributed by atoms with Crippen LogP contribution in [0.2, 0.25) is 5.02 Å². The molecule has 5 nitrogen and oxygen atoms in total. The summed E-state index contributed by atoms with van der Waals surface area (Å²) >= 11 is 6.98. The molecule has 1 N–H and O–H groups in total. The van der Waals surface area contributed by atoms with Gasteiger partial charge in [-0.05, 0) is 48.9 Å². The Labute approximate surface area is 180 Å². The third-order valence-corrected chi connectivity index (χ3v) is 5.51. The summed E-state index contributed by atoms with van der Waals surface area (Å²) in [4.78, 5) is 16.8. The van der Waals surface area contributed by atoms with Crippen LogP contribution < -0.4 is 5.32 Å². The molecule has 1 amide bonds. The van der Waals surface area contributed by atoms with Gasteiger partial charge < -0.3 is 5.32 Å². The highest BCUT2D eigenvalue weighted by atomic mass is 35.5. The fourth-order valence-electron chi connectivity index (χ4n) is 2.90. The minimum absolute atomic E-state index is 0.0480. The van der Waals surface area contributed by atoms with Gasteiger partial charge in [0.25, 0.3) is 0 Å². The zero-order chi connectivity index (χ0) is 21.3. The number of anilines is 1. The maximum atomic E-state index is 13.9. The highest BCUT2D eigenvalue weighted by Crippen LogP contribution is 2.28. The van der Waals surface area contributed by atoms with Crippen molar-refractivity contribution in [2.75, 3.05) is 11.1 Å². The number of thioether (sulfide) groups is 1. The number of aryl methyl sites for hydroxylation is 1. The van der Waals surface area contributed by atoms with Crippen LogP contribution in [0.15, 0.2) is 59.8 Å². The number of hydrogen-bond acceptors (Lipinski definition) is 4. The second-order valence-corrected chi connectivity index (χ2v) is 7.93. The lowest BCUT2D eigenvalue weighted by molar-refractivity contribution is -0.113. The third kappa shape index (κ3) is 4.29. The molecular formula is C21H15ClF2N4OS. The van der Waals surface area contributed by atoms with Gasteiger partial charge >= 0.3 is 0 Å². The lowest BCUT2D eigenvalue weighted by Gasteiger charge is -2.08. The molecule has 2 heterocycles. The van der Waals surface area contributed by atoms with Gasteiger partial charge in [0.1, 0.15) is 16.7 Å². The van der Waals surface area contributed by atoms with E-state index < -0.39 is 5.82 Å². The Morgan fingerprint density at radius 1 is 1.17 bits per heavy atom. The maximum Gasteiger partial charge on any atom is 0.234 e. The van der Waals surface area contributed by atoms with Crippen LogP contribution in [0.1, 0.15) is 5.69 Å². The SMILES string of the molecule is Cc1cc(SCC(=O)Nc2ccc(Cl)cc2F)n2ncc(-c3ccc(F)cc3)c2n1. The molecule has 2 aromatic heterocycles. The summed E-state index contributed by atoms with van der Waals surface area (Å²) in [6.07, 6.45) is 1.65. The summed E-state index contributed by atoms with van der Waals surface area (Å²) in [7, 11) is 0. The summed E-state index contributed by atoms with van der Waals surface area (Å²) < 4.78 is 28.7. The Balaban J connectivity index is 1.55. The Morgan fingerprint density at radius 2 is 1.93 bits per heavy atom. The first-order chi connectivity index (χ1) is 14.4. The first-order valence-corrected chi connectivity index (χ1v) is 10.3. The van der Waals surface area contributed by atoms with E-state index in [0.29, 0.717) is 10.7 Å². The number of nitrogens with zero attached hydrogens (tertiary/aromatic N) is 3. The van der Waals surface area contributed by atoms with Crippen molar-refractivity contribution in [3.8, 4) is 11.1 Å². The van der Waals surface area contributed by atoms with E-state index in [1.165, 1.54) is 36.0 Å². The fourth-order valence-corrected chi connectivity index (χ4v) is 3.92. The molecule has 152 valence electrons. The van der Waals surface area contributed by atoms with Gasteiger partial charge in [0.2, 0.25) is 5.91 Å². The fraction of sp³-hybridized carbons (Fsp3) is 0.0952. The molecule has 4 aromatic rings. The lowest BCUT2D eigenvalue weighted by atomic mass is 10.1. The second kappa shape index (κ2) is 8.41. The van der Waals surface area contributed by atoms with Gasteiger partial charge in [-0.3, -0.25) is 4.79 Å². The van der Waals surface area contributed by atoms with Crippen molar-refractivity contribution in [2.24, 2.45) is 0 Å². The normalized spacial score (nSPS) is 11.1. The van der Waals surface area contributed by atoms with E-state index >= 15 is 0 Å². The molecule has 0 aliphatic heterocycles. The summed E-state index contributed by atoms with van der Waals surface area (Å²) in [5.74, 6) is -1.24. The molecule has 9 heteroatoms. The number of fused-ring (bicyclic) bond motifs is 1. The van der Waals surface area contributed by atoms with Crippen LogP contribution in [-0.4, -0.2) is 26.3 Å². The zero-order valence-corrected chi connectivity index (χ0v) is 17.3. The average Bonchev–Trinajstić information content (AvgIpc) is 3.12. The van der Waals surface area contributed by atoms with E-state index in [4.69, 9.17) is 11.6 Å². The van der Waals surface area contributed by atoms with Crippen molar-refractivity contribution in [2.45, 2.75) is 11.9 Å². The predicted molar refractivity (Wildman–Crippen MR) is 114 cm³/mol. The molecular weight excluding hydrogens is 430 g/mol. The highest BCUT2D eigenvalue weighted by Gasteiger charge is 2.14. The topological polar surface area (TPSA) is 59.3 Å². The maximum absolute atomic E-state index is 13.9. The number of hydrogen-bond donors (Lipinski definition) is 1. The van der Waals surface area contributed by atoms with Crippen molar-refractivity contribution in [3.63, 3.8) is 0 Å². The molecule has 0 unspecified atom stereocenters. The van der Waals surface area contributed by atoms with E-state index in [0.717, 1.165) is 22.9 Å². The summed E-state index contributed by atoms with van der Waals surface area (Å²) in [5.41, 5.74) is 2.97. The van der Waals surface area contributed by atoms with Crippen LogP contribution in [0.3, 0.4) is 0 Å². The molecule has 0 saturated heterocycles. The van der Waals surface area contributed by atoms with Gasteiger partial charge in [-0.2, -0.15) is 5.10 Å². The lowest BCUT2D eigenvalue weighted by Crippen LogP contribution is -2.15. The number of carbonyl (C=O) groups excluding carboxylic acids is 1. The Hall–Kier alpha value is -2.97. The number of rotatable bonds is 5.